The Morgan fingerprint density at radius 2 is 1.77 bits per heavy atom. The molecule has 0 saturated carbocycles. The summed E-state index contributed by atoms with van der Waals surface area (Å²) >= 11 is 0. The van der Waals surface area contributed by atoms with Gasteiger partial charge in [-0.25, -0.2) is 9.49 Å². The van der Waals surface area contributed by atoms with Gasteiger partial charge in [0.05, 0.1) is 11.1 Å². The summed E-state index contributed by atoms with van der Waals surface area (Å²) in [6.45, 7) is 0.225. The van der Waals surface area contributed by atoms with E-state index in [9.17, 15) is 9.18 Å². The fourth-order valence-electron chi connectivity index (χ4n) is 2.74. The molecule has 0 aliphatic heterocycles. The first-order valence-electron chi connectivity index (χ1n) is 8.01. The Morgan fingerprint density at radius 3 is 2.58 bits per heavy atom. The second-order valence-electron chi connectivity index (χ2n) is 5.74. The summed E-state index contributed by atoms with van der Waals surface area (Å²) in [6.07, 6.45) is 3.31. The third kappa shape index (κ3) is 3.04. The molecular weight excluding hydrogens is 333 g/mol. The number of hydrogen-bond donors (Lipinski definition) is 1. The normalized spacial score (nSPS) is 10.8. The lowest BCUT2D eigenvalue weighted by Gasteiger charge is -2.10. The van der Waals surface area contributed by atoms with E-state index in [1.165, 1.54) is 6.07 Å². The van der Waals surface area contributed by atoms with Gasteiger partial charge in [0.15, 0.2) is 11.6 Å². The van der Waals surface area contributed by atoms with Crippen LogP contribution in [0.1, 0.15) is 5.56 Å². The molecule has 0 saturated heterocycles. The average Bonchev–Trinajstić information content (AvgIpc) is 2.69. The largest absolute Gasteiger partial charge is 0.486 e. The Hall–Kier alpha value is -3.54. The molecule has 0 aliphatic rings. The van der Waals surface area contributed by atoms with E-state index in [0.717, 1.165) is 5.56 Å². The molecular formula is C20H14FN3O2. The molecule has 0 fully saturated rings. The molecule has 2 aromatic carbocycles. The third-order valence-corrected chi connectivity index (χ3v) is 4.04. The smallest absolute Gasteiger partial charge is 0.272 e. The highest BCUT2D eigenvalue weighted by Gasteiger charge is 2.12. The molecule has 0 aliphatic carbocycles. The standard InChI is InChI=1S/C20H14FN3O2/c21-17-6-5-14(11-18(17)26-12-13-7-9-22-10-8-13)19-15-3-1-2-4-16(15)20(25)24-23-19/h1-11H,12H2,(H,24,25). The number of H-pyrrole nitrogens is 1. The molecule has 5 nitrogen and oxygen atoms in total. The number of hydrogen-bond acceptors (Lipinski definition) is 4. The Morgan fingerprint density at radius 1 is 1.00 bits per heavy atom. The number of pyridine rings is 1. The van der Waals surface area contributed by atoms with Crippen molar-refractivity contribution in [1.82, 2.24) is 15.2 Å². The molecule has 0 unspecified atom stereocenters. The van der Waals surface area contributed by atoms with E-state index >= 15 is 0 Å². The van der Waals surface area contributed by atoms with Gasteiger partial charge >= 0.3 is 0 Å². The predicted octanol–water partition coefficient (Wildman–Crippen LogP) is 3.70. The lowest BCUT2D eigenvalue weighted by Crippen LogP contribution is -2.09. The highest BCUT2D eigenvalue weighted by molar-refractivity contribution is 5.93. The Kier molecular flexibility index (Phi) is 4.15. The zero-order valence-electron chi connectivity index (χ0n) is 13.6. The zero-order chi connectivity index (χ0) is 17.9. The molecule has 0 bridgehead atoms. The van der Waals surface area contributed by atoms with Gasteiger partial charge in [-0.05, 0) is 42.0 Å². The van der Waals surface area contributed by atoms with Crippen molar-refractivity contribution in [2.45, 2.75) is 6.61 Å². The van der Waals surface area contributed by atoms with Crippen molar-refractivity contribution < 1.29 is 9.13 Å². The molecule has 26 heavy (non-hydrogen) atoms. The lowest BCUT2D eigenvalue weighted by molar-refractivity contribution is 0.290. The number of aromatic nitrogens is 3. The van der Waals surface area contributed by atoms with Crippen LogP contribution in [0.25, 0.3) is 22.0 Å². The van der Waals surface area contributed by atoms with Crippen LogP contribution in [0, 0.1) is 5.82 Å². The van der Waals surface area contributed by atoms with Crippen LogP contribution in [-0.2, 0) is 6.61 Å². The first-order chi connectivity index (χ1) is 12.7. The molecule has 0 amide bonds. The Labute approximate surface area is 148 Å². The van der Waals surface area contributed by atoms with Crippen LogP contribution < -0.4 is 10.3 Å². The second-order valence-corrected chi connectivity index (χ2v) is 5.74. The monoisotopic (exact) mass is 347 g/mol. The van der Waals surface area contributed by atoms with Crippen LogP contribution >= 0.6 is 0 Å². The first kappa shape index (κ1) is 16.0. The van der Waals surface area contributed by atoms with Gasteiger partial charge in [0, 0.05) is 23.3 Å². The SMILES string of the molecule is O=c1[nH]nc(-c2ccc(F)c(OCc3ccncc3)c2)c2ccccc12. The summed E-state index contributed by atoms with van der Waals surface area (Å²) in [5, 5.41) is 7.85. The number of nitrogens with zero attached hydrogens (tertiary/aromatic N) is 2. The molecule has 6 heteroatoms. The van der Waals surface area contributed by atoms with Crippen molar-refractivity contribution in [3.05, 3.63) is 88.7 Å². The molecule has 0 radical (unpaired) electrons. The van der Waals surface area contributed by atoms with Gasteiger partial charge in [-0.2, -0.15) is 5.10 Å². The van der Waals surface area contributed by atoms with E-state index in [0.29, 0.717) is 22.0 Å². The number of ether oxygens (including phenoxy) is 1. The summed E-state index contributed by atoms with van der Waals surface area (Å²) in [6, 6.07) is 15.3. The predicted molar refractivity (Wildman–Crippen MR) is 96.3 cm³/mol. The van der Waals surface area contributed by atoms with Gasteiger partial charge in [0.25, 0.3) is 5.56 Å². The highest BCUT2D eigenvalue weighted by atomic mass is 19.1. The van der Waals surface area contributed by atoms with Gasteiger partial charge in [0.1, 0.15) is 6.61 Å². The number of rotatable bonds is 4. The second kappa shape index (κ2) is 6.76. The molecule has 1 N–H and O–H groups in total. The molecule has 4 rings (SSSR count). The van der Waals surface area contributed by atoms with Crippen molar-refractivity contribution >= 4 is 10.8 Å². The minimum Gasteiger partial charge on any atom is -0.486 e. The van der Waals surface area contributed by atoms with Crippen molar-refractivity contribution in [3.8, 4) is 17.0 Å². The fourth-order valence-corrected chi connectivity index (χ4v) is 2.74. The maximum Gasteiger partial charge on any atom is 0.272 e. The van der Waals surface area contributed by atoms with Gasteiger partial charge in [0.2, 0.25) is 0 Å². The topological polar surface area (TPSA) is 67.9 Å². The lowest BCUT2D eigenvalue weighted by atomic mass is 10.0. The minimum atomic E-state index is -0.462. The molecule has 2 aromatic heterocycles. The van der Waals surface area contributed by atoms with Crippen LogP contribution in [0.5, 0.6) is 5.75 Å². The summed E-state index contributed by atoms with van der Waals surface area (Å²) in [5.74, 6) is -0.340. The zero-order valence-corrected chi connectivity index (χ0v) is 13.6. The van der Waals surface area contributed by atoms with E-state index in [2.05, 4.69) is 15.2 Å². The first-order valence-corrected chi connectivity index (χ1v) is 8.01. The highest BCUT2D eigenvalue weighted by Crippen LogP contribution is 2.29. The van der Waals surface area contributed by atoms with Crippen molar-refractivity contribution in [1.29, 1.82) is 0 Å². The number of halogens is 1. The summed E-state index contributed by atoms with van der Waals surface area (Å²) in [7, 11) is 0. The fraction of sp³-hybridized carbons (Fsp3) is 0.0500. The molecule has 2 heterocycles. The quantitative estimate of drug-likeness (QED) is 0.611. The van der Waals surface area contributed by atoms with Gasteiger partial charge in [-0.15, -0.1) is 0 Å². The van der Waals surface area contributed by atoms with Crippen LogP contribution in [0.4, 0.5) is 4.39 Å². The van der Waals surface area contributed by atoms with E-state index in [1.807, 2.05) is 12.1 Å². The number of aromatic amines is 1. The van der Waals surface area contributed by atoms with Crippen molar-refractivity contribution in [2.75, 3.05) is 0 Å². The molecule has 0 atom stereocenters. The minimum absolute atomic E-state index is 0.122. The maximum absolute atomic E-state index is 14.2. The third-order valence-electron chi connectivity index (χ3n) is 4.04. The molecule has 0 spiro atoms. The number of fused-ring (bicyclic) bond motifs is 1. The molecule has 128 valence electrons. The van der Waals surface area contributed by atoms with Crippen LogP contribution in [0.15, 0.2) is 71.8 Å². The van der Waals surface area contributed by atoms with E-state index < -0.39 is 5.82 Å². The van der Waals surface area contributed by atoms with Crippen molar-refractivity contribution in [3.63, 3.8) is 0 Å². The molecule has 4 aromatic rings. The van der Waals surface area contributed by atoms with Crippen LogP contribution in [-0.4, -0.2) is 15.2 Å². The summed E-state index contributed by atoms with van der Waals surface area (Å²) < 4.78 is 19.8. The van der Waals surface area contributed by atoms with Crippen LogP contribution in [0.2, 0.25) is 0 Å². The van der Waals surface area contributed by atoms with Crippen molar-refractivity contribution in [2.24, 2.45) is 0 Å². The van der Waals surface area contributed by atoms with E-state index in [4.69, 9.17) is 4.74 Å². The maximum atomic E-state index is 14.2. The van der Waals surface area contributed by atoms with Gasteiger partial charge < -0.3 is 4.74 Å². The number of nitrogens with one attached hydrogen (secondary N) is 1. The summed E-state index contributed by atoms with van der Waals surface area (Å²) in [4.78, 5) is 15.9. The van der Waals surface area contributed by atoms with E-state index in [-0.39, 0.29) is 17.9 Å². The summed E-state index contributed by atoms with van der Waals surface area (Å²) in [5.41, 5.74) is 1.84. The van der Waals surface area contributed by atoms with E-state index in [1.54, 1.807) is 48.8 Å². The Balaban J connectivity index is 1.73. The van der Waals surface area contributed by atoms with Crippen LogP contribution in [0.3, 0.4) is 0 Å². The van der Waals surface area contributed by atoms with Gasteiger partial charge in [-0.3, -0.25) is 9.78 Å². The Bertz CT molecular complexity index is 1130. The number of benzene rings is 2. The average molecular weight is 347 g/mol. The van der Waals surface area contributed by atoms with Gasteiger partial charge in [-0.1, -0.05) is 18.2 Å².